The Bertz CT molecular complexity index is 2020. The van der Waals surface area contributed by atoms with Gasteiger partial charge in [0, 0.05) is 28.9 Å². The second-order valence-corrected chi connectivity index (χ2v) is 11.4. The van der Waals surface area contributed by atoms with Gasteiger partial charge in [0.15, 0.2) is 0 Å². The zero-order valence-electron chi connectivity index (χ0n) is 22.4. The summed E-state index contributed by atoms with van der Waals surface area (Å²) in [5.41, 5.74) is 18.9. The molecule has 0 saturated heterocycles. The van der Waals surface area contributed by atoms with Gasteiger partial charge < -0.3 is 4.57 Å². The molecule has 0 aliphatic heterocycles. The molecular formula is C39H27N. The van der Waals surface area contributed by atoms with Crippen molar-refractivity contribution in [1.29, 1.82) is 0 Å². The van der Waals surface area contributed by atoms with E-state index in [0.29, 0.717) is 0 Å². The molecule has 0 atom stereocenters. The Labute approximate surface area is 234 Å². The van der Waals surface area contributed by atoms with Crippen LogP contribution in [-0.4, -0.2) is 4.57 Å². The van der Waals surface area contributed by atoms with Gasteiger partial charge in [0.1, 0.15) is 0 Å². The number of rotatable bonds is 2. The molecule has 0 radical (unpaired) electrons. The van der Waals surface area contributed by atoms with Crippen molar-refractivity contribution in [3.63, 3.8) is 0 Å². The summed E-state index contributed by atoms with van der Waals surface area (Å²) in [6.07, 6.45) is 2.07. The molecule has 2 aliphatic rings. The second-order valence-electron chi connectivity index (χ2n) is 11.4. The van der Waals surface area contributed by atoms with Gasteiger partial charge in [-0.05, 0) is 116 Å². The second kappa shape index (κ2) is 8.07. The van der Waals surface area contributed by atoms with Crippen LogP contribution in [0.3, 0.4) is 0 Å². The molecule has 0 bridgehead atoms. The van der Waals surface area contributed by atoms with E-state index in [1.54, 1.807) is 0 Å². The van der Waals surface area contributed by atoms with Gasteiger partial charge in [0.25, 0.3) is 0 Å². The zero-order valence-corrected chi connectivity index (χ0v) is 22.4. The first-order valence-corrected chi connectivity index (χ1v) is 14.2. The van der Waals surface area contributed by atoms with Crippen molar-refractivity contribution in [3.8, 4) is 44.5 Å². The molecule has 1 nitrogen and oxygen atoms in total. The maximum absolute atomic E-state index is 2.39. The van der Waals surface area contributed by atoms with E-state index in [9.17, 15) is 0 Å². The molecule has 7 aromatic rings. The van der Waals surface area contributed by atoms with Gasteiger partial charge in [-0.2, -0.15) is 0 Å². The fraction of sp³-hybridized carbons (Fsp3) is 0.0769. The van der Waals surface area contributed by atoms with Gasteiger partial charge in [-0.25, -0.2) is 0 Å². The van der Waals surface area contributed by atoms with Crippen LogP contribution in [0.2, 0.25) is 0 Å². The molecule has 0 unspecified atom stereocenters. The lowest BCUT2D eigenvalue weighted by atomic mass is 9.96. The Morgan fingerprint density at radius 1 is 0.400 bits per heavy atom. The van der Waals surface area contributed by atoms with Crippen LogP contribution in [0.5, 0.6) is 0 Å². The van der Waals surface area contributed by atoms with Crippen molar-refractivity contribution in [2.75, 3.05) is 0 Å². The summed E-state index contributed by atoms with van der Waals surface area (Å²) >= 11 is 0. The molecule has 40 heavy (non-hydrogen) atoms. The molecule has 6 aromatic carbocycles. The lowest BCUT2D eigenvalue weighted by Gasteiger charge is -2.08. The summed E-state index contributed by atoms with van der Waals surface area (Å²) in [6.45, 7) is 0. The van der Waals surface area contributed by atoms with Gasteiger partial charge in [0.05, 0.1) is 0 Å². The van der Waals surface area contributed by atoms with Crippen molar-refractivity contribution in [3.05, 3.63) is 144 Å². The minimum Gasteiger partial charge on any atom is -0.344 e. The van der Waals surface area contributed by atoms with Crippen molar-refractivity contribution >= 4 is 21.8 Å². The average Bonchev–Trinajstić information content (AvgIpc) is 3.66. The first-order valence-electron chi connectivity index (χ1n) is 14.2. The lowest BCUT2D eigenvalue weighted by Crippen LogP contribution is -1.87. The molecule has 1 heterocycles. The fourth-order valence-corrected chi connectivity index (χ4v) is 7.18. The first-order chi connectivity index (χ1) is 19.7. The standard InChI is InChI=1S/C39H27N/c1-40-38-16-14-26(24-10-12-30-18-28-6-2-4-8-32(28)34(30)20-24)22-36(38)37-23-27(15-17-39(37)40)25-11-13-31-19-29-7-3-5-9-33(29)35(31)21-25/h2-17,20-23H,18-19H2,1H3. The Balaban J connectivity index is 1.18. The Morgan fingerprint density at radius 3 is 1.30 bits per heavy atom. The molecule has 9 rings (SSSR count). The SMILES string of the molecule is Cn1c2ccc(-c3ccc4c(c3)-c3ccccc3C4)cc2c2cc(-c3ccc4c(c3)-c3ccccc3C4)ccc21. The first kappa shape index (κ1) is 22.0. The van der Waals surface area contributed by atoms with Crippen LogP contribution in [0.25, 0.3) is 66.3 Å². The van der Waals surface area contributed by atoms with Crippen LogP contribution >= 0.6 is 0 Å². The molecule has 0 N–H and O–H groups in total. The predicted octanol–water partition coefficient (Wildman–Crippen LogP) is 9.81. The highest BCUT2D eigenvalue weighted by Crippen LogP contribution is 2.42. The Kier molecular flexibility index (Phi) is 4.43. The maximum Gasteiger partial charge on any atom is 0.0489 e. The van der Waals surface area contributed by atoms with Gasteiger partial charge in [-0.1, -0.05) is 84.9 Å². The number of hydrogen-bond donors (Lipinski definition) is 0. The largest absolute Gasteiger partial charge is 0.344 e. The maximum atomic E-state index is 2.39. The average molecular weight is 510 g/mol. The monoisotopic (exact) mass is 509 g/mol. The van der Waals surface area contributed by atoms with Gasteiger partial charge in [0.2, 0.25) is 0 Å². The van der Waals surface area contributed by atoms with Gasteiger partial charge in [-0.15, -0.1) is 0 Å². The third kappa shape index (κ3) is 3.09. The number of nitrogens with zero attached hydrogens (tertiary/aromatic N) is 1. The van der Waals surface area contributed by atoms with E-state index in [-0.39, 0.29) is 0 Å². The highest BCUT2D eigenvalue weighted by atomic mass is 14.9. The molecule has 2 aliphatic carbocycles. The van der Waals surface area contributed by atoms with Gasteiger partial charge >= 0.3 is 0 Å². The number of aromatic nitrogens is 1. The summed E-state index contributed by atoms with van der Waals surface area (Å²) in [4.78, 5) is 0. The van der Waals surface area contributed by atoms with E-state index in [0.717, 1.165) is 12.8 Å². The van der Waals surface area contributed by atoms with Crippen LogP contribution in [0.15, 0.2) is 121 Å². The minimum absolute atomic E-state index is 1.03. The van der Waals surface area contributed by atoms with Gasteiger partial charge in [-0.3, -0.25) is 0 Å². The molecule has 0 saturated carbocycles. The van der Waals surface area contributed by atoms with Crippen LogP contribution in [-0.2, 0) is 19.9 Å². The van der Waals surface area contributed by atoms with Crippen LogP contribution in [0, 0.1) is 0 Å². The normalized spacial score (nSPS) is 12.9. The Hall–Kier alpha value is -4.88. The third-order valence-corrected chi connectivity index (χ3v) is 9.27. The summed E-state index contributed by atoms with van der Waals surface area (Å²) in [5, 5.41) is 2.62. The van der Waals surface area contributed by atoms with E-state index >= 15 is 0 Å². The van der Waals surface area contributed by atoms with E-state index < -0.39 is 0 Å². The topological polar surface area (TPSA) is 4.93 Å². The van der Waals surface area contributed by atoms with Crippen molar-refractivity contribution in [2.24, 2.45) is 7.05 Å². The predicted molar refractivity (Wildman–Crippen MR) is 168 cm³/mol. The summed E-state index contributed by atoms with van der Waals surface area (Å²) in [7, 11) is 2.18. The van der Waals surface area contributed by atoms with Crippen molar-refractivity contribution in [2.45, 2.75) is 12.8 Å². The molecular weight excluding hydrogens is 482 g/mol. The highest BCUT2D eigenvalue weighted by molar-refractivity contribution is 6.10. The fourth-order valence-electron chi connectivity index (χ4n) is 7.18. The van der Waals surface area contributed by atoms with Crippen LogP contribution < -0.4 is 0 Å². The van der Waals surface area contributed by atoms with E-state index in [1.807, 2.05) is 0 Å². The molecule has 1 aromatic heterocycles. The number of fused-ring (bicyclic) bond motifs is 9. The number of hydrogen-bond acceptors (Lipinski definition) is 0. The quantitative estimate of drug-likeness (QED) is 0.219. The van der Waals surface area contributed by atoms with E-state index in [4.69, 9.17) is 0 Å². The van der Waals surface area contributed by atoms with Crippen LogP contribution in [0.1, 0.15) is 22.3 Å². The van der Waals surface area contributed by atoms with Crippen LogP contribution in [0.4, 0.5) is 0 Å². The van der Waals surface area contributed by atoms with E-state index in [1.165, 1.54) is 88.6 Å². The molecule has 188 valence electrons. The zero-order chi connectivity index (χ0) is 26.4. The number of benzene rings is 6. The lowest BCUT2D eigenvalue weighted by molar-refractivity contribution is 1.01. The van der Waals surface area contributed by atoms with E-state index in [2.05, 4.69) is 133 Å². The third-order valence-electron chi connectivity index (χ3n) is 9.27. The van der Waals surface area contributed by atoms with Crippen molar-refractivity contribution < 1.29 is 0 Å². The Morgan fingerprint density at radius 2 is 0.800 bits per heavy atom. The highest BCUT2D eigenvalue weighted by Gasteiger charge is 2.20. The summed E-state index contributed by atoms with van der Waals surface area (Å²) in [5.74, 6) is 0. The molecule has 0 spiro atoms. The summed E-state index contributed by atoms with van der Waals surface area (Å²) in [6, 6.07) is 45.6. The molecule has 0 fully saturated rings. The smallest absolute Gasteiger partial charge is 0.0489 e. The molecule has 1 heteroatoms. The molecule has 0 amide bonds. The minimum atomic E-state index is 1.03. The number of aryl methyl sites for hydroxylation is 1. The van der Waals surface area contributed by atoms with Crippen molar-refractivity contribution in [1.82, 2.24) is 4.57 Å². The summed E-state index contributed by atoms with van der Waals surface area (Å²) < 4.78 is 2.33.